The molecular weight excluding hydrogens is 279 g/mol. The van der Waals surface area contributed by atoms with Crippen molar-refractivity contribution >= 4 is 17.5 Å². The molecule has 6 heteroatoms. The second-order valence-electron chi connectivity index (χ2n) is 4.83. The van der Waals surface area contributed by atoms with Gasteiger partial charge in [-0.25, -0.2) is 0 Å². The Bertz CT molecular complexity index is 466. The van der Waals surface area contributed by atoms with Gasteiger partial charge in [-0.1, -0.05) is 12.1 Å². The first-order valence-corrected chi connectivity index (χ1v) is 6.41. The summed E-state index contributed by atoms with van der Waals surface area (Å²) in [6, 6.07) is 4.61. The first-order valence-electron chi connectivity index (χ1n) is 5.88. The molecule has 1 aliphatic carbocycles. The molecule has 0 aliphatic heterocycles. The molecular formula is C13H13ClF3NO. The van der Waals surface area contributed by atoms with Crippen LogP contribution in [0, 0.1) is 0 Å². The quantitative estimate of drug-likeness (QED) is 0.849. The van der Waals surface area contributed by atoms with Crippen molar-refractivity contribution in [3.8, 4) is 0 Å². The number of alkyl halides is 4. The second kappa shape index (κ2) is 5.04. The van der Waals surface area contributed by atoms with Crippen molar-refractivity contribution in [2.75, 3.05) is 5.88 Å². The average Bonchev–Trinajstić information content (AvgIpc) is 3.09. The lowest BCUT2D eigenvalue weighted by Crippen LogP contribution is -2.39. The van der Waals surface area contributed by atoms with E-state index in [9.17, 15) is 18.0 Å². The van der Waals surface area contributed by atoms with E-state index in [1.165, 1.54) is 12.1 Å². The van der Waals surface area contributed by atoms with Crippen LogP contribution in [0.25, 0.3) is 0 Å². The van der Waals surface area contributed by atoms with E-state index >= 15 is 0 Å². The van der Waals surface area contributed by atoms with Gasteiger partial charge in [0.2, 0.25) is 5.91 Å². The number of carbonyl (C=O) groups excluding carboxylic acids is 1. The SMILES string of the molecule is O=C(Cc1ccc(C(F)(F)F)cc1)NC1(CCl)CC1. The Balaban J connectivity index is 1.94. The van der Waals surface area contributed by atoms with Gasteiger partial charge in [0.15, 0.2) is 0 Å². The van der Waals surface area contributed by atoms with E-state index in [1.54, 1.807) is 0 Å². The summed E-state index contributed by atoms with van der Waals surface area (Å²) in [6.45, 7) is 0. The number of amides is 1. The van der Waals surface area contributed by atoms with Crippen LogP contribution in [0.5, 0.6) is 0 Å². The zero-order valence-corrected chi connectivity index (χ0v) is 10.8. The fraction of sp³-hybridized carbons (Fsp3) is 0.462. The third-order valence-corrected chi connectivity index (χ3v) is 3.67. The van der Waals surface area contributed by atoms with Crippen molar-refractivity contribution in [2.45, 2.75) is 31.0 Å². The molecule has 0 aromatic heterocycles. The number of hydrogen-bond donors (Lipinski definition) is 1. The van der Waals surface area contributed by atoms with Gasteiger partial charge in [-0.05, 0) is 30.5 Å². The van der Waals surface area contributed by atoms with Crippen LogP contribution >= 0.6 is 11.6 Å². The lowest BCUT2D eigenvalue weighted by atomic mass is 10.1. The fourth-order valence-corrected chi connectivity index (χ4v) is 2.11. The molecule has 0 unspecified atom stereocenters. The van der Waals surface area contributed by atoms with Crippen LogP contribution in [0.4, 0.5) is 13.2 Å². The Morgan fingerprint density at radius 1 is 1.26 bits per heavy atom. The first-order chi connectivity index (χ1) is 8.85. The number of halogens is 4. The minimum atomic E-state index is -4.35. The molecule has 0 saturated heterocycles. The molecule has 0 radical (unpaired) electrons. The number of nitrogens with one attached hydrogen (secondary N) is 1. The van der Waals surface area contributed by atoms with Crippen LogP contribution in [0.1, 0.15) is 24.0 Å². The van der Waals surface area contributed by atoms with Gasteiger partial charge < -0.3 is 5.32 Å². The summed E-state index contributed by atoms with van der Waals surface area (Å²) in [5, 5.41) is 2.82. The third kappa shape index (κ3) is 3.62. The van der Waals surface area contributed by atoms with Crippen LogP contribution in [0.3, 0.4) is 0 Å². The van der Waals surface area contributed by atoms with E-state index in [-0.39, 0.29) is 17.9 Å². The van der Waals surface area contributed by atoms with Gasteiger partial charge >= 0.3 is 6.18 Å². The van der Waals surface area contributed by atoms with Crippen LogP contribution in [0.2, 0.25) is 0 Å². The fourth-order valence-electron chi connectivity index (χ4n) is 1.78. The zero-order chi connectivity index (χ0) is 14.1. The van der Waals surface area contributed by atoms with Gasteiger partial charge in [-0.15, -0.1) is 11.6 Å². The largest absolute Gasteiger partial charge is 0.416 e. The third-order valence-electron chi connectivity index (χ3n) is 3.16. The van der Waals surface area contributed by atoms with E-state index in [4.69, 9.17) is 11.6 Å². The molecule has 1 aromatic rings. The number of benzene rings is 1. The van der Waals surface area contributed by atoms with Gasteiger partial charge in [-0.2, -0.15) is 13.2 Å². The summed E-state index contributed by atoms with van der Waals surface area (Å²) >= 11 is 5.73. The zero-order valence-electron chi connectivity index (χ0n) is 10.1. The smallest absolute Gasteiger partial charge is 0.349 e. The highest BCUT2D eigenvalue weighted by Crippen LogP contribution is 2.36. The number of rotatable bonds is 4. The predicted octanol–water partition coefficient (Wildman–Crippen LogP) is 3.14. The minimum absolute atomic E-state index is 0.0662. The lowest BCUT2D eigenvalue weighted by Gasteiger charge is -2.14. The molecule has 1 saturated carbocycles. The van der Waals surface area contributed by atoms with Gasteiger partial charge in [0.05, 0.1) is 17.5 Å². The summed E-state index contributed by atoms with van der Waals surface area (Å²) in [5.41, 5.74) is -0.447. The molecule has 19 heavy (non-hydrogen) atoms. The number of carbonyl (C=O) groups is 1. The van der Waals surface area contributed by atoms with Gasteiger partial charge in [0.25, 0.3) is 0 Å². The summed E-state index contributed by atoms with van der Waals surface area (Å²) in [6.07, 6.45) is -2.57. The molecule has 1 fully saturated rings. The maximum atomic E-state index is 12.4. The summed E-state index contributed by atoms with van der Waals surface area (Å²) < 4.78 is 37.1. The molecule has 0 atom stereocenters. The van der Waals surface area contributed by atoms with Crippen LogP contribution in [0.15, 0.2) is 24.3 Å². The Hall–Kier alpha value is -1.23. The van der Waals surface area contributed by atoms with Gasteiger partial charge in [-0.3, -0.25) is 4.79 Å². The molecule has 1 aliphatic rings. The van der Waals surface area contributed by atoms with Gasteiger partial charge in [0.1, 0.15) is 0 Å². The first kappa shape index (κ1) is 14.2. The molecule has 2 nitrogen and oxygen atoms in total. The maximum Gasteiger partial charge on any atom is 0.416 e. The number of hydrogen-bond acceptors (Lipinski definition) is 1. The van der Waals surface area contributed by atoms with Crippen molar-refractivity contribution in [3.63, 3.8) is 0 Å². The second-order valence-corrected chi connectivity index (χ2v) is 5.10. The standard InChI is InChI=1S/C13H13ClF3NO/c14-8-12(5-6-12)18-11(19)7-9-1-3-10(4-2-9)13(15,16)17/h1-4H,5-8H2,(H,18,19). The summed E-state index contributed by atoms with van der Waals surface area (Å²) in [7, 11) is 0. The lowest BCUT2D eigenvalue weighted by molar-refractivity contribution is -0.137. The molecule has 2 rings (SSSR count). The van der Waals surface area contributed by atoms with E-state index in [2.05, 4.69) is 5.32 Å². The molecule has 1 amide bonds. The van der Waals surface area contributed by atoms with Crippen molar-refractivity contribution in [2.24, 2.45) is 0 Å². The van der Waals surface area contributed by atoms with E-state index in [0.717, 1.165) is 25.0 Å². The van der Waals surface area contributed by atoms with Crippen molar-refractivity contribution in [1.29, 1.82) is 0 Å². The molecule has 0 spiro atoms. The highest BCUT2D eigenvalue weighted by molar-refractivity contribution is 6.19. The average molecular weight is 292 g/mol. The van der Waals surface area contributed by atoms with Gasteiger partial charge in [0, 0.05) is 5.88 Å². The minimum Gasteiger partial charge on any atom is -0.349 e. The van der Waals surface area contributed by atoms with Crippen molar-refractivity contribution in [1.82, 2.24) is 5.32 Å². The van der Waals surface area contributed by atoms with Crippen LogP contribution < -0.4 is 5.32 Å². The molecule has 1 aromatic carbocycles. The summed E-state index contributed by atoms with van der Waals surface area (Å²) in [5.74, 6) is 0.157. The Morgan fingerprint density at radius 3 is 2.26 bits per heavy atom. The normalized spacial score (nSPS) is 17.1. The topological polar surface area (TPSA) is 29.1 Å². The molecule has 104 valence electrons. The van der Waals surface area contributed by atoms with Crippen molar-refractivity contribution < 1.29 is 18.0 Å². The predicted molar refractivity (Wildman–Crippen MR) is 66.0 cm³/mol. The van der Waals surface area contributed by atoms with Crippen LogP contribution in [-0.2, 0) is 17.4 Å². The van der Waals surface area contributed by atoms with E-state index in [1.807, 2.05) is 0 Å². The Labute approximate surface area is 113 Å². The summed E-state index contributed by atoms with van der Waals surface area (Å²) in [4.78, 5) is 11.7. The Kier molecular flexibility index (Phi) is 3.76. The highest BCUT2D eigenvalue weighted by atomic mass is 35.5. The van der Waals surface area contributed by atoms with Crippen molar-refractivity contribution in [3.05, 3.63) is 35.4 Å². The highest BCUT2D eigenvalue weighted by Gasteiger charge is 2.43. The maximum absolute atomic E-state index is 12.4. The van der Waals surface area contributed by atoms with Crippen LogP contribution in [-0.4, -0.2) is 17.3 Å². The Morgan fingerprint density at radius 2 is 1.84 bits per heavy atom. The monoisotopic (exact) mass is 291 g/mol. The van der Waals surface area contributed by atoms with E-state index < -0.39 is 11.7 Å². The molecule has 0 heterocycles. The molecule has 1 N–H and O–H groups in total. The molecule has 0 bridgehead atoms. The van der Waals surface area contributed by atoms with E-state index in [0.29, 0.717) is 11.4 Å².